The fourth-order valence-corrected chi connectivity index (χ4v) is 2.15. The molecule has 0 atom stereocenters. The van der Waals surface area contributed by atoms with Gasteiger partial charge in [-0.2, -0.15) is 0 Å². The van der Waals surface area contributed by atoms with E-state index in [0.29, 0.717) is 26.0 Å². The van der Waals surface area contributed by atoms with Crippen LogP contribution < -0.4 is 10.1 Å². The van der Waals surface area contributed by atoms with Gasteiger partial charge in [-0.25, -0.2) is 4.79 Å². The van der Waals surface area contributed by atoms with Gasteiger partial charge in [0.25, 0.3) is 0 Å². The average molecular weight is 327 g/mol. The number of carbonyl (C=O) groups excluding carboxylic acids is 1. The number of carbonyl (C=O) groups is 2. The zero-order valence-corrected chi connectivity index (χ0v) is 13.6. The molecular weight excluding hydrogens is 306 g/mol. The SMILES string of the molecule is Cc1ccc(OCCNC(=O)CCc2ccc(C(=O)O)cc2)cc1. The lowest BCUT2D eigenvalue weighted by Gasteiger charge is -2.08. The number of carboxylic acids is 1. The lowest BCUT2D eigenvalue weighted by molar-refractivity contribution is -0.121. The highest BCUT2D eigenvalue weighted by Crippen LogP contribution is 2.11. The Bertz CT molecular complexity index is 678. The maximum absolute atomic E-state index is 11.8. The second-order valence-corrected chi connectivity index (χ2v) is 5.51. The second-order valence-electron chi connectivity index (χ2n) is 5.51. The number of ether oxygens (including phenoxy) is 1. The topological polar surface area (TPSA) is 75.6 Å². The minimum Gasteiger partial charge on any atom is -0.492 e. The molecule has 2 aromatic rings. The largest absolute Gasteiger partial charge is 0.492 e. The molecule has 2 aromatic carbocycles. The Morgan fingerprint density at radius 1 is 1.04 bits per heavy atom. The third kappa shape index (κ3) is 5.76. The van der Waals surface area contributed by atoms with Crippen molar-refractivity contribution in [2.75, 3.05) is 13.2 Å². The summed E-state index contributed by atoms with van der Waals surface area (Å²) in [6.45, 7) is 2.88. The molecule has 0 unspecified atom stereocenters. The van der Waals surface area contributed by atoms with Crippen LogP contribution in [0.2, 0.25) is 0 Å². The molecule has 0 fully saturated rings. The number of rotatable bonds is 8. The molecule has 0 bridgehead atoms. The first-order chi connectivity index (χ1) is 11.5. The Balaban J connectivity index is 1.64. The highest BCUT2D eigenvalue weighted by molar-refractivity contribution is 5.87. The van der Waals surface area contributed by atoms with E-state index < -0.39 is 5.97 Å². The Hall–Kier alpha value is -2.82. The summed E-state index contributed by atoms with van der Waals surface area (Å²) in [5.41, 5.74) is 2.36. The standard InChI is InChI=1S/C19H21NO4/c1-14-2-9-17(10-3-14)24-13-12-20-18(21)11-6-15-4-7-16(8-5-15)19(22)23/h2-5,7-10H,6,11-13H2,1H3,(H,20,21)(H,22,23). The highest BCUT2D eigenvalue weighted by atomic mass is 16.5. The van der Waals surface area contributed by atoms with Crippen molar-refractivity contribution in [1.82, 2.24) is 5.32 Å². The van der Waals surface area contributed by atoms with Crippen LogP contribution in [0.15, 0.2) is 48.5 Å². The van der Waals surface area contributed by atoms with E-state index in [0.717, 1.165) is 11.3 Å². The van der Waals surface area contributed by atoms with Crippen LogP contribution in [0, 0.1) is 6.92 Å². The molecule has 2 rings (SSSR count). The summed E-state index contributed by atoms with van der Waals surface area (Å²) < 4.78 is 5.54. The molecule has 0 aliphatic heterocycles. The Morgan fingerprint density at radius 2 is 1.71 bits per heavy atom. The fourth-order valence-electron chi connectivity index (χ4n) is 2.15. The average Bonchev–Trinajstić information content (AvgIpc) is 2.59. The fraction of sp³-hybridized carbons (Fsp3) is 0.263. The van der Waals surface area contributed by atoms with Gasteiger partial charge in [-0.05, 0) is 43.2 Å². The molecule has 0 saturated heterocycles. The molecule has 0 aromatic heterocycles. The molecule has 0 saturated carbocycles. The van der Waals surface area contributed by atoms with Crippen LogP contribution in [0.1, 0.15) is 27.9 Å². The quantitative estimate of drug-likeness (QED) is 0.731. The van der Waals surface area contributed by atoms with Gasteiger partial charge in [-0.15, -0.1) is 0 Å². The first kappa shape index (κ1) is 17.5. The van der Waals surface area contributed by atoms with Gasteiger partial charge in [0.2, 0.25) is 5.91 Å². The molecule has 1 amide bonds. The zero-order chi connectivity index (χ0) is 17.4. The van der Waals surface area contributed by atoms with Gasteiger partial charge in [0.1, 0.15) is 12.4 Å². The number of aryl methyl sites for hydroxylation is 2. The van der Waals surface area contributed by atoms with Crippen molar-refractivity contribution in [3.05, 3.63) is 65.2 Å². The monoisotopic (exact) mass is 327 g/mol. The maximum Gasteiger partial charge on any atom is 0.335 e. The van der Waals surface area contributed by atoms with Gasteiger partial charge in [-0.1, -0.05) is 29.8 Å². The summed E-state index contributed by atoms with van der Waals surface area (Å²) in [7, 11) is 0. The normalized spacial score (nSPS) is 10.2. The number of amides is 1. The minimum absolute atomic E-state index is 0.0511. The maximum atomic E-state index is 11.8. The van der Waals surface area contributed by atoms with Crippen molar-refractivity contribution in [3.63, 3.8) is 0 Å². The van der Waals surface area contributed by atoms with E-state index in [-0.39, 0.29) is 11.5 Å². The molecule has 5 heteroatoms. The van der Waals surface area contributed by atoms with Crippen LogP contribution in [0.3, 0.4) is 0 Å². The summed E-state index contributed by atoms with van der Waals surface area (Å²) in [6, 6.07) is 14.3. The van der Waals surface area contributed by atoms with Crippen LogP contribution in [0.4, 0.5) is 0 Å². The number of aromatic carboxylic acids is 1. The van der Waals surface area contributed by atoms with E-state index in [1.807, 2.05) is 31.2 Å². The molecule has 24 heavy (non-hydrogen) atoms. The highest BCUT2D eigenvalue weighted by Gasteiger charge is 2.04. The van der Waals surface area contributed by atoms with Crippen molar-refractivity contribution >= 4 is 11.9 Å². The van der Waals surface area contributed by atoms with E-state index >= 15 is 0 Å². The molecular formula is C19H21NO4. The Morgan fingerprint density at radius 3 is 2.33 bits per heavy atom. The third-order valence-electron chi connectivity index (χ3n) is 3.56. The lowest BCUT2D eigenvalue weighted by atomic mass is 10.1. The number of benzene rings is 2. The van der Waals surface area contributed by atoms with Crippen molar-refractivity contribution in [2.45, 2.75) is 19.8 Å². The van der Waals surface area contributed by atoms with E-state index in [9.17, 15) is 9.59 Å². The van der Waals surface area contributed by atoms with E-state index in [4.69, 9.17) is 9.84 Å². The minimum atomic E-state index is -0.951. The molecule has 0 aliphatic carbocycles. The molecule has 126 valence electrons. The lowest BCUT2D eigenvalue weighted by Crippen LogP contribution is -2.28. The van der Waals surface area contributed by atoms with Gasteiger partial charge in [0, 0.05) is 6.42 Å². The summed E-state index contributed by atoms with van der Waals surface area (Å²) in [5, 5.41) is 11.6. The van der Waals surface area contributed by atoms with Crippen LogP contribution in [0.25, 0.3) is 0 Å². The van der Waals surface area contributed by atoms with Crippen molar-refractivity contribution in [3.8, 4) is 5.75 Å². The van der Waals surface area contributed by atoms with E-state index in [1.165, 1.54) is 5.56 Å². The molecule has 5 nitrogen and oxygen atoms in total. The molecule has 0 radical (unpaired) electrons. The second kappa shape index (κ2) is 8.72. The predicted molar refractivity (Wildman–Crippen MR) is 91.4 cm³/mol. The van der Waals surface area contributed by atoms with Gasteiger partial charge in [0.05, 0.1) is 12.1 Å². The van der Waals surface area contributed by atoms with Crippen molar-refractivity contribution < 1.29 is 19.4 Å². The van der Waals surface area contributed by atoms with Crippen LogP contribution >= 0.6 is 0 Å². The van der Waals surface area contributed by atoms with E-state index in [2.05, 4.69) is 5.32 Å². The van der Waals surface area contributed by atoms with Crippen LogP contribution in [-0.2, 0) is 11.2 Å². The first-order valence-corrected chi connectivity index (χ1v) is 7.83. The van der Waals surface area contributed by atoms with Crippen molar-refractivity contribution in [2.24, 2.45) is 0 Å². The number of nitrogens with one attached hydrogen (secondary N) is 1. The van der Waals surface area contributed by atoms with Crippen LogP contribution in [-0.4, -0.2) is 30.1 Å². The number of hydrogen-bond acceptors (Lipinski definition) is 3. The van der Waals surface area contributed by atoms with Gasteiger partial charge in [-0.3, -0.25) is 4.79 Å². The molecule has 0 heterocycles. The zero-order valence-electron chi connectivity index (χ0n) is 13.6. The molecule has 0 aliphatic rings. The smallest absolute Gasteiger partial charge is 0.335 e. The van der Waals surface area contributed by atoms with Crippen LogP contribution in [0.5, 0.6) is 5.75 Å². The van der Waals surface area contributed by atoms with E-state index in [1.54, 1.807) is 24.3 Å². The number of hydrogen-bond donors (Lipinski definition) is 2. The first-order valence-electron chi connectivity index (χ1n) is 7.83. The summed E-state index contributed by atoms with van der Waals surface area (Å²) in [6.07, 6.45) is 0.932. The summed E-state index contributed by atoms with van der Waals surface area (Å²) >= 11 is 0. The third-order valence-corrected chi connectivity index (χ3v) is 3.56. The Kier molecular flexibility index (Phi) is 6.37. The van der Waals surface area contributed by atoms with Gasteiger partial charge < -0.3 is 15.2 Å². The predicted octanol–water partition coefficient (Wildman–Crippen LogP) is 2.82. The van der Waals surface area contributed by atoms with Gasteiger partial charge >= 0.3 is 5.97 Å². The molecule has 2 N–H and O–H groups in total. The molecule has 0 spiro atoms. The Labute approximate surface area is 141 Å². The number of carboxylic acid groups (broad SMARTS) is 1. The summed E-state index contributed by atoms with van der Waals surface area (Å²) in [4.78, 5) is 22.6. The van der Waals surface area contributed by atoms with Gasteiger partial charge in [0.15, 0.2) is 0 Å². The van der Waals surface area contributed by atoms with Crippen molar-refractivity contribution in [1.29, 1.82) is 0 Å². The summed E-state index contributed by atoms with van der Waals surface area (Å²) in [5.74, 6) is -0.217.